The van der Waals surface area contributed by atoms with Crippen LogP contribution < -0.4 is 11.1 Å². The van der Waals surface area contributed by atoms with Gasteiger partial charge >= 0.3 is 0 Å². The first-order valence-electron chi connectivity index (χ1n) is 6.65. The van der Waals surface area contributed by atoms with Gasteiger partial charge in [-0.2, -0.15) is 0 Å². The largest absolute Gasteiger partial charge is 0.392 e. The van der Waals surface area contributed by atoms with Gasteiger partial charge in [0.25, 0.3) is 0 Å². The van der Waals surface area contributed by atoms with E-state index in [2.05, 4.69) is 19.2 Å². The van der Waals surface area contributed by atoms with E-state index in [1.54, 1.807) is 0 Å². The molecule has 104 valence electrons. The van der Waals surface area contributed by atoms with Crippen molar-refractivity contribution in [1.82, 2.24) is 5.32 Å². The van der Waals surface area contributed by atoms with Gasteiger partial charge in [0.2, 0.25) is 5.91 Å². The summed E-state index contributed by atoms with van der Waals surface area (Å²) in [7, 11) is 0. The average Bonchev–Trinajstić information content (AvgIpc) is 2.78. The number of ether oxygens (including phenoxy) is 1. The lowest BCUT2D eigenvalue weighted by Gasteiger charge is -2.26. The number of hydrogen-bond donors (Lipinski definition) is 2. The Morgan fingerprint density at radius 1 is 1.44 bits per heavy atom. The molecule has 0 radical (unpaired) electrons. The smallest absolute Gasteiger partial charge is 0.233 e. The highest BCUT2D eigenvalue weighted by atomic mass is 32.1. The first-order valence-corrected chi connectivity index (χ1v) is 7.06. The molecule has 1 fully saturated rings. The van der Waals surface area contributed by atoms with Crippen LogP contribution in [0.3, 0.4) is 0 Å². The van der Waals surface area contributed by atoms with E-state index in [1.807, 2.05) is 0 Å². The van der Waals surface area contributed by atoms with Crippen LogP contribution in [0.1, 0.15) is 39.5 Å². The Labute approximate surface area is 115 Å². The predicted octanol–water partition coefficient (Wildman–Crippen LogP) is 1.62. The molecule has 5 heteroatoms. The molecule has 0 saturated heterocycles. The summed E-state index contributed by atoms with van der Waals surface area (Å²) in [6.07, 6.45) is 3.60. The standard InChI is InChI=1S/C13H24N2O2S/c1-10(2)9-17-8-7-15-12(16)13(11(14)18)5-3-4-6-13/h10H,3-9H2,1-2H3,(H2,14,18)(H,15,16). The summed E-state index contributed by atoms with van der Waals surface area (Å²) < 4.78 is 5.42. The highest BCUT2D eigenvalue weighted by molar-refractivity contribution is 7.80. The van der Waals surface area contributed by atoms with Crippen molar-refractivity contribution in [1.29, 1.82) is 0 Å². The molecule has 0 aromatic heterocycles. The molecule has 0 spiro atoms. The van der Waals surface area contributed by atoms with Crippen LogP contribution >= 0.6 is 12.2 Å². The van der Waals surface area contributed by atoms with Gasteiger partial charge in [0, 0.05) is 13.2 Å². The van der Waals surface area contributed by atoms with Gasteiger partial charge in [0.15, 0.2) is 0 Å². The van der Waals surface area contributed by atoms with E-state index in [9.17, 15) is 4.79 Å². The van der Waals surface area contributed by atoms with E-state index in [-0.39, 0.29) is 5.91 Å². The summed E-state index contributed by atoms with van der Waals surface area (Å²) in [5, 5.41) is 2.89. The number of rotatable bonds is 7. The molecule has 3 N–H and O–H groups in total. The minimum Gasteiger partial charge on any atom is -0.392 e. The molecule has 0 bridgehead atoms. The van der Waals surface area contributed by atoms with Crippen LogP contribution in [-0.4, -0.2) is 30.7 Å². The number of amides is 1. The normalized spacial score (nSPS) is 17.9. The lowest BCUT2D eigenvalue weighted by Crippen LogP contribution is -2.47. The fourth-order valence-electron chi connectivity index (χ4n) is 2.29. The molecule has 1 aliphatic carbocycles. The summed E-state index contributed by atoms with van der Waals surface area (Å²) in [6.45, 7) is 5.97. The summed E-state index contributed by atoms with van der Waals surface area (Å²) in [5.41, 5.74) is 5.14. The average molecular weight is 272 g/mol. The molecule has 0 atom stereocenters. The van der Waals surface area contributed by atoms with Crippen LogP contribution in [0.2, 0.25) is 0 Å². The minimum absolute atomic E-state index is 0.0272. The van der Waals surface area contributed by atoms with Crippen molar-refractivity contribution in [3.63, 3.8) is 0 Å². The Morgan fingerprint density at radius 2 is 2.06 bits per heavy atom. The van der Waals surface area contributed by atoms with E-state index >= 15 is 0 Å². The monoisotopic (exact) mass is 272 g/mol. The van der Waals surface area contributed by atoms with Crippen LogP contribution in [0.4, 0.5) is 0 Å². The maximum atomic E-state index is 12.2. The molecule has 18 heavy (non-hydrogen) atoms. The van der Waals surface area contributed by atoms with Crippen molar-refractivity contribution < 1.29 is 9.53 Å². The van der Waals surface area contributed by atoms with Gasteiger partial charge in [-0.1, -0.05) is 38.9 Å². The van der Waals surface area contributed by atoms with Crippen LogP contribution in [0.25, 0.3) is 0 Å². The highest BCUT2D eigenvalue weighted by Gasteiger charge is 2.43. The molecule has 0 aliphatic heterocycles. The van der Waals surface area contributed by atoms with E-state index in [0.29, 0.717) is 24.1 Å². The highest BCUT2D eigenvalue weighted by Crippen LogP contribution is 2.38. The van der Waals surface area contributed by atoms with Gasteiger partial charge in [0.05, 0.1) is 17.0 Å². The van der Waals surface area contributed by atoms with E-state index in [4.69, 9.17) is 22.7 Å². The number of carbonyl (C=O) groups is 1. The second-order valence-electron chi connectivity index (χ2n) is 5.38. The Bertz CT molecular complexity index is 299. The molecular weight excluding hydrogens is 248 g/mol. The first-order chi connectivity index (χ1) is 8.49. The van der Waals surface area contributed by atoms with Crippen LogP contribution in [0.5, 0.6) is 0 Å². The maximum Gasteiger partial charge on any atom is 0.233 e. The summed E-state index contributed by atoms with van der Waals surface area (Å²) in [6, 6.07) is 0. The number of nitrogens with one attached hydrogen (secondary N) is 1. The third kappa shape index (κ3) is 3.92. The molecule has 1 saturated carbocycles. The van der Waals surface area contributed by atoms with Crippen molar-refractivity contribution in [3.8, 4) is 0 Å². The van der Waals surface area contributed by atoms with E-state index in [0.717, 1.165) is 32.3 Å². The minimum atomic E-state index is -0.604. The lowest BCUT2D eigenvalue weighted by atomic mass is 9.85. The quantitative estimate of drug-likeness (QED) is 0.546. The van der Waals surface area contributed by atoms with Crippen molar-refractivity contribution in [2.24, 2.45) is 17.1 Å². The summed E-state index contributed by atoms with van der Waals surface area (Å²) in [4.78, 5) is 12.5. The SMILES string of the molecule is CC(C)COCCNC(=O)C1(C(N)=S)CCCC1. The van der Waals surface area contributed by atoms with Gasteiger partial charge in [-0.05, 0) is 18.8 Å². The number of thiocarbonyl (C=S) groups is 1. The lowest BCUT2D eigenvalue weighted by molar-refractivity contribution is -0.127. The number of nitrogens with two attached hydrogens (primary N) is 1. The van der Waals surface area contributed by atoms with Crippen molar-refractivity contribution in [2.45, 2.75) is 39.5 Å². The third-order valence-electron chi connectivity index (χ3n) is 3.35. The topological polar surface area (TPSA) is 64.3 Å². The second-order valence-corrected chi connectivity index (χ2v) is 5.82. The molecule has 0 aromatic carbocycles. The zero-order chi connectivity index (χ0) is 13.6. The van der Waals surface area contributed by atoms with Crippen molar-refractivity contribution in [2.75, 3.05) is 19.8 Å². The Morgan fingerprint density at radius 3 is 2.56 bits per heavy atom. The Balaban J connectivity index is 2.33. The molecule has 0 unspecified atom stereocenters. The molecule has 1 amide bonds. The van der Waals surface area contributed by atoms with Gasteiger partial charge in [-0.25, -0.2) is 0 Å². The van der Waals surface area contributed by atoms with Crippen LogP contribution in [-0.2, 0) is 9.53 Å². The number of carbonyl (C=O) groups excluding carboxylic acids is 1. The third-order valence-corrected chi connectivity index (χ3v) is 3.74. The van der Waals surface area contributed by atoms with Crippen molar-refractivity contribution >= 4 is 23.1 Å². The predicted molar refractivity (Wildman–Crippen MR) is 76.4 cm³/mol. The van der Waals surface area contributed by atoms with E-state index < -0.39 is 5.41 Å². The molecule has 1 aliphatic rings. The van der Waals surface area contributed by atoms with Gasteiger partial charge < -0.3 is 15.8 Å². The number of hydrogen-bond acceptors (Lipinski definition) is 3. The summed E-state index contributed by atoms with van der Waals surface area (Å²) >= 11 is 5.07. The molecule has 0 aromatic rings. The van der Waals surface area contributed by atoms with Crippen LogP contribution in [0, 0.1) is 11.3 Å². The maximum absolute atomic E-state index is 12.2. The van der Waals surface area contributed by atoms with Gasteiger partial charge in [-0.15, -0.1) is 0 Å². The fraction of sp³-hybridized carbons (Fsp3) is 0.846. The molecule has 4 nitrogen and oxygen atoms in total. The molecule has 0 heterocycles. The van der Waals surface area contributed by atoms with E-state index in [1.165, 1.54) is 0 Å². The molecule has 1 rings (SSSR count). The fourth-order valence-corrected chi connectivity index (χ4v) is 2.59. The van der Waals surface area contributed by atoms with Gasteiger partial charge in [-0.3, -0.25) is 4.79 Å². The van der Waals surface area contributed by atoms with Crippen molar-refractivity contribution in [3.05, 3.63) is 0 Å². The second kappa shape index (κ2) is 7.04. The first kappa shape index (κ1) is 15.4. The zero-order valence-electron chi connectivity index (χ0n) is 11.3. The Hall–Kier alpha value is -0.680. The summed E-state index contributed by atoms with van der Waals surface area (Å²) in [5.74, 6) is 0.485. The zero-order valence-corrected chi connectivity index (χ0v) is 12.1. The Kier molecular flexibility index (Phi) is 6.02. The van der Waals surface area contributed by atoms with Gasteiger partial charge in [0.1, 0.15) is 0 Å². The molecular formula is C13H24N2O2S. The van der Waals surface area contributed by atoms with Crippen LogP contribution in [0.15, 0.2) is 0 Å².